The van der Waals surface area contributed by atoms with Crippen LogP contribution >= 0.6 is 11.3 Å². The summed E-state index contributed by atoms with van der Waals surface area (Å²) in [6.07, 6.45) is 1.78. The maximum atomic E-state index is 11.7. The van der Waals surface area contributed by atoms with E-state index in [1.807, 2.05) is 0 Å². The van der Waals surface area contributed by atoms with Crippen LogP contribution in [-0.4, -0.2) is 46.1 Å². The van der Waals surface area contributed by atoms with Gasteiger partial charge in [0.2, 0.25) is 10.0 Å². The van der Waals surface area contributed by atoms with E-state index < -0.39 is 31.4 Å². The van der Waals surface area contributed by atoms with E-state index in [0.29, 0.717) is 11.7 Å². The van der Waals surface area contributed by atoms with E-state index in [0.717, 1.165) is 29.8 Å². The van der Waals surface area contributed by atoms with E-state index in [2.05, 4.69) is 15.0 Å². The molecule has 0 unspecified atom stereocenters. The van der Waals surface area contributed by atoms with E-state index in [9.17, 15) is 16.8 Å². The van der Waals surface area contributed by atoms with Crippen molar-refractivity contribution in [3.63, 3.8) is 0 Å². The molecule has 1 aromatic heterocycles. The topological polar surface area (TPSA) is 105 Å². The summed E-state index contributed by atoms with van der Waals surface area (Å²) in [7, 11) is -6.97. The molecule has 0 amide bonds. The van der Waals surface area contributed by atoms with Crippen LogP contribution in [0.3, 0.4) is 0 Å². The van der Waals surface area contributed by atoms with Crippen LogP contribution in [0, 0.1) is 0 Å². The molecule has 7 nitrogen and oxygen atoms in total. The fourth-order valence-corrected chi connectivity index (χ4v) is 5.49. The minimum Gasteiger partial charge on any atom is -0.311 e. The monoisotopic (exact) mass is 325 g/mol. The van der Waals surface area contributed by atoms with E-state index >= 15 is 0 Å². The molecule has 2 heterocycles. The fraction of sp³-hybridized carbons (Fsp3) is 0.667. The largest absolute Gasteiger partial charge is 0.311 e. The van der Waals surface area contributed by atoms with Crippen molar-refractivity contribution in [1.29, 1.82) is 0 Å². The molecule has 0 saturated carbocycles. The quantitative estimate of drug-likeness (QED) is 0.761. The molecule has 0 atom stereocenters. The Morgan fingerprint density at radius 1 is 1.32 bits per heavy atom. The van der Waals surface area contributed by atoms with Crippen LogP contribution in [0.5, 0.6) is 0 Å². The van der Waals surface area contributed by atoms with Crippen molar-refractivity contribution in [2.45, 2.75) is 13.0 Å². The van der Waals surface area contributed by atoms with Crippen molar-refractivity contribution in [2.24, 2.45) is 0 Å². The predicted octanol–water partition coefficient (Wildman–Crippen LogP) is -0.425. The number of nitrogens with zero attached hydrogens (tertiary/aromatic N) is 1. The number of sulfone groups is 1. The maximum Gasteiger partial charge on any atom is 0.235 e. The van der Waals surface area contributed by atoms with Gasteiger partial charge in [-0.1, -0.05) is 11.3 Å². The fourth-order valence-electron chi connectivity index (χ4n) is 1.61. The van der Waals surface area contributed by atoms with Gasteiger partial charge >= 0.3 is 0 Å². The third kappa shape index (κ3) is 4.41. The Hall–Kier alpha value is -0.710. The van der Waals surface area contributed by atoms with Gasteiger partial charge in [0.1, 0.15) is 9.84 Å². The first-order valence-electron chi connectivity index (χ1n) is 5.63. The van der Waals surface area contributed by atoms with E-state index in [-0.39, 0.29) is 0 Å². The van der Waals surface area contributed by atoms with Crippen LogP contribution in [0.15, 0.2) is 0 Å². The maximum absolute atomic E-state index is 11.7. The summed E-state index contributed by atoms with van der Waals surface area (Å²) in [6.45, 7) is 1.52. The molecule has 0 saturated heterocycles. The zero-order valence-electron chi connectivity index (χ0n) is 10.3. The van der Waals surface area contributed by atoms with Gasteiger partial charge in [-0.05, 0) is 0 Å². The van der Waals surface area contributed by atoms with Crippen LogP contribution in [-0.2, 0) is 32.8 Å². The second kappa shape index (κ2) is 5.35. The summed E-state index contributed by atoms with van der Waals surface area (Å²) >= 11 is 1.28. The van der Waals surface area contributed by atoms with Crippen LogP contribution in [0.4, 0.5) is 5.13 Å². The normalized spacial score (nSPS) is 16.1. The molecule has 0 bridgehead atoms. The van der Waals surface area contributed by atoms with Crippen LogP contribution < -0.4 is 10.0 Å². The minimum atomic E-state index is -3.67. The smallest absolute Gasteiger partial charge is 0.235 e. The second-order valence-electron chi connectivity index (χ2n) is 4.37. The predicted molar refractivity (Wildman–Crippen MR) is 74.6 cm³/mol. The number of hydrogen-bond acceptors (Lipinski definition) is 7. The first-order valence-corrected chi connectivity index (χ1v) is 10.2. The lowest BCUT2D eigenvalue weighted by atomic mass is 10.2. The highest BCUT2D eigenvalue weighted by Crippen LogP contribution is 2.25. The highest BCUT2D eigenvalue weighted by atomic mass is 32.2. The number of anilines is 1. The molecule has 1 aliphatic rings. The number of hydrogen-bond donors (Lipinski definition) is 2. The van der Waals surface area contributed by atoms with Crippen LogP contribution in [0.25, 0.3) is 0 Å². The van der Waals surface area contributed by atoms with Gasteiger partial charge in [-0.25, -0.2) is 21.8 Å². The Morgan fingerprint density at radius 2 is 2.05 bits per heavy atom. The SMILES string of the molecule is CS(=O)(=O)CCS(=O)(=O)Nc1nc2c(s1)CNCC2. The third-order valence-electron chi connectivity index (χ3n) is 2.57. The van der Waals surface area contributed by atoms with E-state index in [4.69, 9.17) is 0 Å². The number of sulfonamides is 1. The number of thiazole rings is 1. The molecule has 2 N–H and O–H groups in total. The molecule has 19 heavy (non-hydrogen) atoms. The average Bonchev–Trinajstić information content (AvgIpc) is 2.66. The van der Waals surface area contributed by atoms with Crippen molar-refractivity contribution < 1.29 is 16.8 Å². The van der Waals surface area contributed by atoms with Crippen LogP contribution in [0.1, 0.15) is 10.6 Å². The summed E-state index contributed by atoms with van der Waals surface area (Å²) in [6, 6.07) is 0. The molecule has 10 heteroatoms. The van der Waals surface area contributed by atoms with Crippen molar-refractivity contribution in [3.05, 3.63) is 10.6 Å². The second-order valence-corrected chi connectivity index (χ2v) is 9.55. The molecular weight excluding hydrogens is 310 g/mol. The Labute approximate surface area is 116 Å². The number of nitrogens with one attached hydrogen (secondary N) is 2. The molecule has 0 aromatic carbocycles. The van der Waals surface area contributed by atoms with Gasteiger partial charge in [0.05, 0.1) is 17.2 Å². The summed E-state index contributed by atoms with van der Waals surface area (Å²) in [4.78, 5) is 5.24. The van der Waals surface area contributed by atoms with Gasteiger partial charge in [0.25, 0.3) is 0 Å². The van der Waals surface area contributed by atoms with Gasteiger partial charge in [0.15, 0.2) is 5.13 Å². The zero-order valence-corrected chi connectivity index (χ0v) is 12.8. The number of rotatable bonds is 5. The molecule has 0 radical (unpaired) electrons. The van der Waals surface area contributed by atoms with E-state index in [1.54, 1.807) is 0 Å². The minimum absolute atomic E-state index is 0.308. The van der Waals surface area contributed by atoms with Gasteiger partial charge in [-0.2, -0.15) is 0 Å². The molecule has 0 spiro atoms. The highest BCUT2D eigenvalue weighted by molar-refractivity contribution is 7.95. The highest BCUT2D eigenvalue weighted by Gasteiger charge is 2.19. The number of fused-ring (bicyclic) bond motifs is 1. The Kier molecular flexibility index (Phi) is 4.14. The van der Waals surface area contributed by atoms with Crippen molar-refractivity contribution in [3.8, 4) is 0 Å². The Balaban J connectivity index is 2.05. The first-order chi connectivity index (χ1) is 8.75. The summed E-state index contributed by atoms with van der Waals surface area (Å²) < 4.78 is 47.8. The lowest BCUT2D eigenvalue weighted by molar-refractivity contribution is 0.593. The molecule has 1 aromatic rings. The zero-order chi connectivity index (χ0) is 14.1. The van der Waals surface area contributed by atoms with Crippen molar-refractivity contribution in [1.82, 2.24) is 10.3 Å². The van der Waals surface area contributed by atoms with Crippen molar-refractivity contribution >= 4 is 36.3 Å². The first kappa shape index (κ1) is 14.7. The van der Waals surface area contributed by atoms with Gasteiger partial charge < -0.3 is 5.32 Å². The lowest BCUT2D eigenvalue weighted by Gasteiger charge is -2.09. The average molecular weight is 325 g/mol. The standard InChI is InChI=1S/C9H15N3O4S3/c1-18(13,14)4-5-19(15,16)12-9-11-7-2-3-10-6-8(7)17-9/h10H,2-6H2,1H3,(H,11,12). The van der Waals surface area contributed by atoms with Gasteiger partial charge in [-0.3, -0.25) is 4.72 Å². The molecule has 108 valence electrons. The van der Waals surface area contributed by atoms with Crippen LogP contribution in [0.2, 0.25) is 0 Å². The third-order valence-corrected chi connectivity index (χ3v) is 6.16. The Bertz CT molecular complexity index is 639. The number of aromatic nitrogens is 1. The molecule has 0 aliphatic carbocycles. The molecular formula is C9H15N3O4S3. The van der Waals surface area contributed by atoms with Gasteiger partial charge in [0, 0.05) is 30.6 Å². The summed E-state index contributed by atoms with van der Waals surface area (Å²) in [5, 5.41) is 3.48. The lowest BCUT2D eigenvalue weighted by Crippen LogP contribution is -2.22. The summed E-state index contributed by atoms with van der Waals surface area (Å²) in [5.74, 6) is -0.844. The molecule has 1 aliphatic heterocycles. The van der Waals surface area contributed by atoms with E-state index in [1.165, 1.54) is 11.3 Å². The molecule has 2 rings (SSSR count). The molecule has 0 fully saturated rings. The van der Waals surface area contributed by atoms with Crippen molar-refractivity contribution in [2.75, 3.05) is 29.0 Å². The Morgan fingerprint density at radius 3 is 2.68 bits per heavy atom. The summed E-state index contributed by atoms with van der Waals surface area (Å²) in [5.41, 5.74) is 0.907. The van der Waals surface area contributed by atoms with Gasteiger partial charge in [-0.15, -0.1) is 0 Å².